The third-order valence-electron chi connectivity index (χ3n) is 4.08. The molecule has 136 valence electrons. The van der Waals surface area contributed by atoms with Gasteiger partial charge in [0.05, 0.1) is 18.8 Å². The van der Waals surface area contributed by atoms with Gasteiger partial charge in [0, 0.05) is 24.8 Å². The Kier molecular flexibility index (Phi) is 6.86. The van der Waals surface area contributed by atoms with Crippen molar-refractivity contribution >= 4 is 5.96 Å². The summed E-state index contributed by atoms with van der Waals surface area (Å²) in [7, 11) is 1.96. The standard InChI is InChI=1S/C19H29N5O/c1-6-20-19(22-13-18-15(3)23-24(5)16(18)4)21-11-12-25-17-9-7-14(2)8-10-17/h7-10H,6,11-13H2,1-5H3,(H2,20,21,22). The lowest BCUT2D eigenvalue weighted by atomic mass is 10.2. The lowest BCUT2D eigenvalue weighted by Crippen LogP contribution is -2.39. The Balaban J connectivity index is 1.86. The minimum Gasteiger partial charge on any atom is -0.492 e. The fraction of sp³-hybridized carbons (Fsp3) is 0.474. The molecule has 0 radical (unpaired) electrons. The average molecular weight is 343 g/mol. The fourth-order valence-electron chi connectivity index (χ4n) is 2.52. The quantitative estimate of drug-likeness (QED) is 0.461. The highest BCUT2D eigenvalue weighted by atomic mass is 16.5. The fourth-order valence-corrected chi connectivity index (χ4v) is 2.52. The van der Waals surface area contributed by atoms with E-state index in [-0.39, 0.29) is 0 Å². The maximum atomic E-state index is 5.74. The molecule has 1 heterocycles. The molecule has 1 aromatic heterocycles. The number of aryl methyl sites for hydroxylation is 3. The van der Waals surface area contributed by atoms with Crippen LogP contribution in [0.15, 0.2) is 29.3 Å². The van der Waals surface area contributed by atoms with E-state index in [0.717, 1.165) is 29.6 Å². The maximum absolute atomic E-state index is 5.74. The molecule has 1 aromatic carbocycles. The number of rotatable bonds is 7. The first-order valence-electron chi connectivity index (χ1n) is 8.72. The van der Waals surface area contributed by atoms with Crippen molar-refractivity contribution in [2.75, 3.05) is 19.7 Å². The van der Waals surface area contributed by atoms with Gasteiger partial charge < -0.3 is 15.4 Å². The predicted molar refractivity (Wildman–Crippen MR) is 102 cm³/mol. The highest BCUT2D eigenvalue weighted by Gasteiger charge is 2.08. The zero-order chi connectivity index (χ0) is 18.2. The van der Waals surface area contributed by atoms with E-state index in [9.17, 15) is 0 Å². The van der Waals surface area contributed by atoms with Gasteiger partial charge in [0.2, 0.25) is 0 Å². The first-order valence-corrected chi connectivity index (χ1v) is 8.72. The lowest BCUT2D eigenvalue weighted by molar-refractivity contribution is 0.322. The summed E-state index contributed by atoms with van der Waals surface area (Å²) in [6.45, 7) is 10.9. The van der Waals surface area contributed by atoms with Crippen LogP contribution in [0.3, 0.4) is 0 Å². The van der Waals surface area contributed by atoms with Crippen LogP contribution in [0, 0.1) is 20.8 Å². The first-order chi connectivity index (χ1) is 12.0. The van der Waals surface area contributed by atoms with Crippen molar-refractivity contribution in [2.24, 2.45) is 12.0 Å². The third-order valence-corrected chi connectivity index (χ3v) is 4.08. The van der Waals surface area contributed by atoms with Gasteiger partial charge in [-0.05, 0) is 39.8 Å². The van der Waals surface area contributed by atoms with Gasteiger partial charge in [-0.1, -0.05) is 17.7 Å². The van der Waals surface area contributed by atoms with Crippen LogP contribution in [-0.2, 0) is 13.6 Å². The van der Waals surface area contributed by atoms with Crippen molar-refractivity contribution in [3.63, 3.8) is 0 Å². The molecule has 0 saturated heterocycles. The van der Waals surface area contributed by atoms with E-state index in [0.29, 0.717) is 19.7 Å². The molecule has 25 heavy (non-hydrogen) atoms. The third kappa shape index (κ3) is 5.52. The average Bonchev–Trinajstić information content (AvgIpc) is 2.83. The minimum atomic E-state index is 0.582. The Bertz CT molecular complexity index is 703. The molecule has 2 aromatic rings. The van der Waals surface area contributed by atoms with Crippen molar-refractivity contribution in [3.8, 4) is 5.75 Å². The smallest absolute Gasteiger partial charge is 0.191 e. The van der Waals surface area contributed by atoms with Gasteiger partial charge >= 0.3 is 0 Å². The van der Waals surface area contributed by atoms with Crippen molar-refractivity contribution in [1.82, 2.24) is 20.4 Å². The van der Waals surface area contributed by atoms with Gasteiger partial charge in [0.15, 0.2) is 5.96 Å². The summed E-state index contributed by atoms with van der Waals surface area (Å²) in [5.74, 6) is 1.67. The number of nitrogens with zero attached hydrogens (tertiary/aromatic N) is 3. The molecule has 0 bridgehead atoms. The van der Waals surface area contributed by atoms with Crippen molar-refractivity contribution < 1.29 is 4.74 Å². The summed E-state index contributed by atoms with van der Waals surface area (Å²) < 4.78 is 7.63. The number of guanidine groups is 1. The topological polar surface area (TPSA) is 63.5 Å². The zero-order valence-corrected chi connectivity index (χ0v) is 15.9. The second-order valence-corrected chi connectivity index (χ2v) is 6.06. The molecular weight excluding hydrogens is 314 g/mol. The van der Waals surface area contributed by atoms with Crippen LogP contribution in [-0.4, -0.2) is 35.4 Å². The Morgan fingerprint density at radius 2 is 1.88 bits per heavy atom. The van der Waals surface area contributed by atoms with E-state index in [1.54, 1.807) is 0 Å². The molecular formula is C19H29N5O. The van der Waals surface area contributed by atoms with Crippen molar-refractivity contribution in [2.45, 2.75) is 34.2 Å². The zero-order valence-electron chi connectivity index (χ0n) is 15.9. The minimum absolute atomic E-state index is 0.582. The summed E-state index contributed by atoms with van der Waals surface area (Å²) >= 11 is 0. The van der Waals surface area contributed by atoms with Crippen LogP contribution in [0.2, 0.25) is 0 Å². The van der Waals surface area contributed by atoms with Crippen LogP contribution in [0.5, 0.6) is 5.75 Å². The Labute approximate surface area is 150 Å². The van der Waals surface area contributed by atoms with E-state index >= 15 is 0 Å². The van der Waals surface area contributed by atoms with Gasteiger partial charge in [-0.25, -0.2) is 4.99 Å². The number of aliphatic imine (C=N–C) groups is 1. The maximum Gasteiger partial charge on any atom is 0.191 e. The molecule has 2 rings (SSSR count). The van der Waals surface area contributed by atoms with Crippen LogP contribution >= 0.6 is 0 Å². The van der Waals surface area contributed by atoms with Gasteiger partial charge in [-0.2, -0.15) is 5.10 Å². The highest BCUT2D eigenvalue weighted by molar-refractivity contribution is 5.79. The highest BCUT2D eigenvalue weighted by Crippen LogP contribution is 2.13. The molecule has 0 fully saturated rings. The monoisotopic (exact) mass is 343 g/mol. The normalized spacial score (nSPS) is 11.5. The number of hydrogen-bond acceptors (Lipinski definition) is 3. The number of ether oxygens (including phenoxy) is 1. The molecule has 0 aliphatic rings. The largest absolute Gasteiger partial charge is 0.492 e. The van der Waals surface area contributed by atoms with Crippen molar-refractivity contribution in [3.05, 3.63) is 46.8 Å². The summed E-state index contributed by atoms with van der Waals surface area (Å²) in [5.41, 5.74) is 4.59. The Morgan fingerprint density at radius 3 is 2.48 bits per heavy atom. The SMILES string of the molecule is CCNC(=NCc1c(C)nn(C)c1C)NCCOc1ccc(C)cc1. The molecule has 0 aliphatic carbocycles. The van der Waals surface area contributed by atoms with Gasteiger partial charge in [0.25, 0.3) is 0 Å². The number of hydrogen-bond donors (Lipinski definition) is 2. The van der Waals surface area contributed by atoms with Crippen molar-refractivity contribution in [1.29, 1.82) is 0 Å². The molecule has 0 amide bonds. The Morgan fingerprint density at radius 1 is 1.16 bits per heavy atom. The molecule has 6 heteroatoms. The van der Waals surface area contributed by atoms with Crippen LogP contribution in [0.25, 0.3) is 0 Å². The van der Waals surface area contributed by atoms with Crippen LogP contribution in [0.1, 0.15) is 29.4 Å². The second kappa shape index (κ2) is 9.11. The van der Waals surface area contributed by atoms with E-state index in [1.165, 1.54) is 11.1 Å². The molecule has 0 spiro atoms. The summed E-state index contributed by atoms with van der Waals surface area (Å²) in [4.78, 5) is 4.66. The second-order valence-electron chi connectivity index (χ2n) is 6.06. The van der Waals surface area contributed by atoms with Crippen LogP contribution in [0.4, 0.5) is 0 Å². The molecule has 2 N–H and O–H groups in total. The molecule has 0 unspecified atom stereocenters. The summed E-state index contributed by atoms with van der Waals surface area (Å²) in [6.07, 6.45) is 0. The van der Waals surface area contributed by atoms with Gasteiger partial charge in [-0.3, -0.25) is 4.68 Å². The van der Waals surface area contributed by atoms with Crippen LogP contribution < -0.4 is 15.4 Å². The predicted octanol–water partition coefficient (Wildman–Crippen LogP) is 2.48. The Hall–Kier alpha value is -2.50. The first kappa shape index (κ1) is 18.8. The van der Waals surface area contributed by atoms with E-state index in [2.05, 4.69) is 41.5 Å². The van der Waals surface area contributed by atoms with Gasteiger partial charge in [-0.15, -0.1) is 0 Å². The molecule has 0 aliphatic heterocycles. The summed E-state index contributed by atoms with van der Waals surface area (Å²) in [6, 6.07) is 8.07. The molecule has 6 nitrogen and oxygen atoms in total. The van der Waals surface area contributed by atoms with E-state index < -0.39 is 0 Å². The molecule has 0 saturated carbocycles. The lowest BCUT2D eigenvalue weighted by Gasteiger charge is -2.12. The summed E-state index contributed by atoms with van der Waals surface area (Å²) in [5, 5.41) is 11.0. The van der Waals surface area contributed by atoms with E-state index in [1.807, 2.05) is 42.9 Å². The number of benzene rings is 1. The van der Waals surface area contributed by atoms with E-state index in [4.69, 9.17) is 4.74 Å². The van der Waals surface area contributed by atoms with Gasteiger partial charge in [0.1, 0.15) is 12.4 Å². The molecule has 0 atom stereocenters. The number of nitrogens with one attached hydrogen (secondary N) is 2. The number of aromatic nitrogens is 2.